The normalized spacial score (nSPS) is 18.0. The fraction of sp³-hybridized carbons (Fsp3) is 0.235. The highest BCUT2D eigenvalue weighted by atomic mass is 16.3. The van der Waals surface area contributed by atoms with E-state index in [1.165, 1.54) is 0 Å². The number of likely N-dealkylation sites (tertiary alicyclic amines) is 1. The predicted molar refractivity (Wildman–Crippen MR) is 81.5 cm³/mol. The van der Waals surface area contributed by atoms with Crippen molar-refractivity contribution in [3.8, 4) is 0 Å². The van der Waals surface area contributed by atoms with E-state index >= 15 is 0 Å². The molecule has 0 spiro atoms. The van der Waals surface area contributed by atoms with Crippen LogP contribution in [-0.2, 0) is 0 Å². The second-order valence-corrected chi connectivity index (χ2v) is 5.47. The third kappa shape index (κ3) is 2.24. The Morgan fingerprint density at radius 3 is 2.86 bits per heavy atom. The quantitative estimate of drug-likeness (QED) is 0.729. The van der Waals surface area contributed by atoms with Gasteiger partial charge in [-0.2, -0.15) is 0 Å². The number of carbonyl (C=O) groups excluding carboxylic acids is 1. The molecular weight excluding hydrogens is 278 g/mol. The van der Waals surface area contributed by atoms with Crippen LogP contribution >= 0.6 is 0 Å². The van der Waals surface area contributed by atoms with Crippen molar-refractivity contribution in [3.63, 3.8) is 0 Å². The van der Waals surface area contributed by atoms with Crippen LogP contribution in [0.15, 0.2) is 53.1 Å². The van der Waals surface area contributed by atoms with Gasteiger partial charge in [0.1, 0.15) is 11.2 Å². The Balaban J connectivity index is 1.53. The molecule has 0 saturated carbocycles. The third-order valence-electron chi connectivity index (χ3n) is 4.02. The van der Waals surface area contributed by atoms with Crippen LogP contribution in [0.5, 0.6) is 0 Å². The van der Waals surface area contributed by atoms with Gasteiger partial charge in [-0.1, -0.05) is 18.2 Å². The Morgan fingerprint density at radius 2 is 2.05 bits per heavy atom. The van der Waals surface area contributed by atoms with Gasteiger partial charge in [0.05, 0.1) is 5.92 Å². The van der Waals surface area contributed by atoms with Crippen molar-refractivity contribution in [2.45, 2.75) is 12.3 Å². The lowest BCUT2D eigenvalue weighted by Gasteiger charge is -2.15. The lowest BCUT2D eigenvalue weighted by atomic mass is 10.1. The van der Waals surface area contributed by atoms with Crippen LogP contribution in [0.3, 0.4) is 0 Å². The number of hydrogen-bond donors (Lipinski definition) is 0. The summed E-state index contributed by atoms with van der Waals surface area (Å²) in [6.45, 7) is 1.33. The van der Waals surface area contributed by atoms with E-state index in [2.05, 4.69) is 9.97 Å². The second kappa shape index (κ2) is 5.26. The molecule has 1 saturated heterocycles. The number of carbonyl (C=O) groups is 1. The van der Waals surface area contributed by atoms with Crippen molar-refractivity contribution < 1.29 is 9.21 Å². The molecule has 0 aliphatic carbocycles. The number of fused-ring (bicyclic) bond motifs is 1. The number of oxazole rings is 1. The molecule has 4 rings (SSSR count). The van der Waals surface area contributed by atoms with Crippen LogP contribution in [-0.4, -0.2) is 33.9 Å². The average Bonchev–Trinajstić information content (AvgIpc) is 3.21. The molecular formula is C17H15N3O2. The molecule has 1 aliphatic rings. The van der Waals surface area contributed by atoms with Gasteiger partial charge in [0.25, 0.3) is 5.91 Å². The first-order valence-corrected chi connectivity index (χ1v) is 7.37. The van der Waals surface area contributed by atoms with Crippen molar-refractivity contribution in [2.75, 3.05) is 13.1 Å². The molecule has 1 fully saturated rings. The molecule has 110 valence electrons. The molecule has 1 amide bonds. The van der Waals surface area contributed by atoms with Crippen LogP contribution in [0.25, 0.3) is 11.1 Å². The number of aromatic nitrogens is 2. The topological polar surface area (TPSA) is 59.2 Å². The summed E-state index contributed by atoms with van der Waals surface area (Å²) in [5.41, 5.74) is 2.15. The molecule has 0 bridgehead atoms. The fourth-order valence-electron chi connectivity index (χ4n) is 2.86. The molecule has 0 N–H and O–H groups in total. The zero-order valence-corrected chi connectivity index (χ0v) is 12.0. The Labute approximate surface area is 127 Å². The lowest BCUT2D eigenvalue weighted by molar-refractivity contribution is 0.0784. The molecule has 1 atom stereocenters. The minimum Gasteiger partial charge on any atom is -0.440 e. The zero-order chi connectivity index (χ0) is 14.9. The SMILES string of the molecule is O=C(c1ccccn1)N1CCC(c2nc3ccccc3o2)C1. The molecule has 2 aromatic heterocycles. The summed E-state index contributed by atoms with van der Waals surface area (Å²) in [6, 6.07) is 13.1. The molecule has 1 aromatic carbocycles. The van der Waals surface area contributed by atoms with E-state index in [4.69, 9.17) is 4.42 Å². The van der Waals surface area contributed by atoms with Crippen molar-refractivity contribution in [1.29, 1.82) is 0 Å². The summed E-state index contributed by atoms with van der Waals surface area (Å²) >= 11 is 0. The third-order valence-corrected chi connectivity index (χ3v) is 4.02. The summed E-state index contributed by atoms with van der Waals surface area (Å²) in [5, 5.41) is 0. The van der Waals surface area contributed by atoms with E-state index in [0.717, 1.165) is 23.4 Å². The second-order valence-electron chi connectivity index (χ2n) is 5.47. The van der Waals surface area contributed by atoms with Gasteiger partial charge < -0.3 is 9.32 Å². The summed E-state index contributed by atoms with van der Waals surface area (Å²) in [5.74, 6) is 0.844. The number of benzene rings is 1. The summed E-state index contributed by atoms with van der Waals surface area (Å²) < 4.78 is 5.82. The van der Waals surface area contributed by atoms with Gasteiger partial charge in [-0.3, -0.25) is 9.78 Å². The smallest absolute Gasteiger partial charge is 0.272 e. The van der Waals surface area contributed by atoms with Crippen LogP contribution in [0, 0.1) is 0 Å². The minimum atomic E-state index is -0.0285. The van der Waals surface area contributed by atoms with Gasteiger partial charge in [0.15, 0.2) is 11.5 Å². The van der Waals surface area contributed by atoms with E-state index < -0.39 is 0 Å². The number of pyridine rings is 1. The molecule has 0 radical (unpaired) electrons. The van der Waals surface area contributed by atoms with E-state index in [9.17, 15) is 4.79 Å². The van der Waals surface area contributed by atoms with Crippen molar-refractivity contribution in [1.82, 2.24) is 14.9 Å². The highest BCUT2D eigenvalue weighted by molar-refractivity contribution is 5.92. The predicted octanol–water partition coefficient (Wildman–Crippen LogP) is 2.85. The van der Waals surface area contributed by atoms with Gasteiger partial charge in [0, 0.05) is 19.3 Å². The number of hydrogen-bond acceptors (Lipinski definition) is 4. The van der Waals surface area contributed by atoms with Crippen LogP contribution < -0.4 is 0 Å². The molecule has 1 unspecified atom stereocenters. The minimum absolute atomic E-state index is 0.0285. The maximum absolute atomic E-state index is 12.4. The molecule has 1 aliphatic heterocycles. The van der Waals surface area contributed by atoms with Crippen molar-refractivity contribution in [2.24, 2.45) is 0 Å². The Kier molecular flexibility index (Phi) is 3.11. The van der Waals surface area contributed by atoms with E-state index in [-0.39, 0.29) is 11.8 Å². The zero-order valence-electron chi connectivity index (χ0n) is 12.0. The van der Waals surface area contributed by atoms with Gasteiger partial charge >= 0.3 is 0 Å². The number of nitrogens with zero attached hydrogens (tertiary/aromatic N) is 3. The highest BCUT2D eigenvalue weighted by Crippen LogP contribution is 2.29. The van der Waals surface area contributed by atoms with E-state index in [1.54, 1.807) is 12.3 Å². The van der Waals surface area contributed by atoms with Crippen LogP contribution in [0.1, 0.15) is 28.7 Å². The maximum atomic E-state index is 12.4. The standard InChI is InChI=1S/C17H15N3O2/c21-17(14-6-3-4-9-18-14)20-10-8-12(11-20)16-19-13-5-1-2-7-15(13)22-16/h1-7,9,12H,8,10-11H2. The highest BCUT2D eigenvalue weighted by Gasteiger charge is 2.31. The average molecular weight is 293 g/mol. The summed E-state index contributed by atoms with van der Waals surface area (Å²) in [4.78, 5) is 22.9. The van der Waals surface area contributed by atoms with Gasteiger partial charge in [-0.05, 0) is 30.7 Å². The van der Waals surface area contributed by atoms with E-state index in [0.29, 0.717) is 18.8 Å². The van der Waals surface area contributed by atoms with Crippen LogP contribution in [0.4, 0.5) is 0 Å². The number of para-hydroxylation sites is 2. The largest absolute Gasteiger partial charge is 0.440 e. The Bertz CT molecular complexity index is 780. The molecule has 3 aromatic rings. The fourth-order valence-corrected chi connectivity index (χ4v) is 2.86. The number of rotatable bonds is 2. The number of amides is 1. The van der Waals surface area contributed by atoms with Gasteiger partial charge in [0.2, 0.25) is 0 Å². The molecule has 3 heterocycles. The van der Waals surface area contributed by atoms with Gasteiger partial charge in [-0.15, -0.1) is 0 Å². The van der Waals surface area contributed by atoms with Crippen LogP contribution in [0.2, 0.25) is 0 Å². The van der Waals surface area contributed by atoms with Crippen molar-refractivity contribution in [3.05, 3.63) is 60.2 Å². The Hall–Kier alpha value is -2.69. The maximum Gasteiger partial charge on any atom is 0.272 e. The monoisotopic (exact) mass is 293 g/mol. The molecule has 5 nitrogen and oxygen atoms in total. The first-order chi connectivity index (χ1) is 10.8. The summed E-state index contributed by atoms with van der Waals surface area (Å²) in [7, 11) is 0. The van der Waals surface area contributed by atoms with Gasteiger partial charge in [-0.25, -0.2) is 4.98 Å². The first kappa shape index (κ1) is 13.0. The molecule has 22 heavy (non-hydrogen) atoms. The van der Waals surface area contributed by atoms with Crippen molar-refractivity contribution >= 4 is 17.0 Å². The molecule has 5 heteroatoms. The summed E-state index contributed by atoms with van der Waals surface area (Å²) in [6.07, 6.45) is 2.51. The van der Waals surface area contributed by atoms with E-state index in [1.807, 2.05) is 41.3 Å². The Morgan fingerprint density at radius 1 is 1.18 bits per heavy atom. The lowest BCUT2D eigenvalue weighted by Crippen LogP contribution is -2.29. The first-order valence-electron chi connectivity index (χ1n) is 7.37.